The van der Waals surface area contributed by atoms with E-state index in [9.17, 15) is 22.8 Å². The number of aryl methyl sites for hydroxylation is 1. The number of amides is 1. The van der Waals surface area contributed by atoms with Crippen molar-refractivity contribution < 1.29 is 32.3 Å². The van der Waals surface area contributed by atoms with Crippen molar-refractivity contribution in [3.05, 3.63) is 65.2 Å². The van der Waals surface area contributed by atoms with E-state index in [0.29, 0.717) is 32.2 Å². The second-order valence-electron chi connectivity index (χ2n) is 8.34. The van der Waals surface area contributed by atoms with E-state index in [4.69, 9.17) is 9.47 Å². The van der Waals surface area contributed by atoms with Gasteiger partial charge in [-0.25, -0.2) is 22.3 Å². The molecule has 1 N–H and O–H groups in total. The van der Waals surface area contributed by atoms with Gasteiger partial charge in [-0.3, -0.25) is 4.79 Å². The zero-order chi connectivity index (χ0) is 25.4. The third-order valence-electron chi connectivity index (χ3n) is 5.96. The molecule has 0 spiro atoms. The fourth-order valence-corrected chi connectivity index (χ4v) is 5.64. The van der Waals surface area contributed by atoms with Gasteiger partial charge in [0.2, 0.25) is 15.9 Å². The van der Waals surface area contributed by atoms with Gasteiger partial charge in [-0.05, 0) is 49.4 Å². The van der Waals surface area contributed by atoms with Crippen LogP contribution in [0.15, 0.2) is 48.5 Å². The number of nitrogens with zero attached hydrogens (tertiary/aromatic N) is 1. The van der Waals surface area contributed by atoms with Crippen LogP contribution < -0.4 is 5.32 Å². The number of esters is 2. The number of anilines is 1. The lowest BCUT2D eigenvalue weighted by Crippen LogP contribution is -2.44. The van der Waals surface area contributed by atoms with Crippen LogP contribution in [-0.2, 0) is 30.7 Å². The van der Waals surface area contributed by atoms with Crippen LogP contribution in [0.25, 0.3) is 0 Å². The van der Waals surface area contributed by atoms with Gasteiger partial charge in [-0.1, -0.05) is 30.3 Å². The first kappa shape index (κ1) is 26.4. The van der Waals surface area contributed by atoms with Crippen molar-refractivity contribution in [2.24, 2.45) is 5.92 Å². The molecule has 2 aromatic rings. The minimum atomic E-state index is -3.52. The average Bonchev–Trinajstić information content (AvgIpc) is 2.88. The number of sulfonamides is 1. The first-order valence-corrected chi connectivity index (χ1v) is 13.0. The fraction of sp³-hybridized carbons (Fsp3) is 0.400. The van der Waals surface area contributed by atoms with Crippen molar-refractivity contribution in [3.63, 3.8) is 0 Å². The molecule has 0 aliphatic carbocycles. The quantitative estimate of drug-likeness (QED) is 0.524. The van der Waals surface area contributed by atoms with Gasteiger partial charge in [0.05, 0.1) is 42.7 Å². The average molecular weight is 503 g/mol. The molecule has 0 saturated carbocycles. The lowest BCUT2D eigenvalue weighted by atomic mass is 9.98. The third-order valence-corrected chi connectivity index (χ3v) is 7.89. The summed E-state index contributed by atoms with van der Waals surface area (Å²) in [7, 11) is -1.08. The van der Waals surface area contributed by atoms with Crippen LogP contribution in [0, 0.1) is 5.92 Å². The van der Waals surface area contributed by atoms with Crippen molar-refractivity contribution in [1.82, 2.24) is 4.31 Å². The summed E-state index contributed by atoms with van der Waals surface area (Å²) < 4.78 is 36.7. The molecule has 2 aromatic carbocycles. The van der Waals surface area contributed by atoms with Crippen LogP contribution in [0.4, 0.5) is 5.69 Å². The number of carbonyl (C=O) groups excluding carboxylic acids is 3. The summed E-state index contributed by atoms with van der Waals surface area (Å²) >= 11 is 0. The molecule has 0 bridgehead atoms. The predicted octanol–water partition coefficient (Wildman–Crippen LogP) is 2.87. The Bertz CT molecular complexity index is 1170. The molecule has 10 heteroatoms. The molecule has 0 radical (unpaired) electrons. The molecule has 1 fully saturated rings. The van der Waals surface area contributed by atoms with Gasteiger partial charge in [0.15, 0.2) is 0 Å². The monoisotopic (exact) mass is 502 g/mol. The van der Waals surface area contributed by atoms with Crippen molar-refractivity contribution in [2.45, 2.75) is 25.7 Å². The van der Waals surface area contributed by atoms with Gasteiger partial charge in [0.25, 0.3) is 0 Å². The van der Waals surface area contributed by atoms with Crippen LogP contribution in [0.2, 0.25) is 0 Å². The van der Waals surface area contributed by atoms with E-state index in [1.165, 1.54) is 36.7 Å². The molecule has 1 atom stereocenters. The van der Waals surface area contributed by atoms with Crippen LogP contribution in [0.3, 0.4) is 0 Å². The van der Waals surface area contributed by atoms with Gasteiger partial charge >= 0.3 is 11.9 Å². The number of nitrogens with one attached hydrogen (secondary N) is 1. The number of rotatable bonds is 9. The number of methoxy groups -OCH3 is 2. The minimum Gasteiger partial charge on any atom is -0.465 e. The van der Waals surface area contributed by atoms with Crippen LogP contribution in [-0.4, -0.2) is 63.6 Å². The number of ether oxygens (including phenoxy) is 2. The van der Waals surface area contributed by atoms with Gasteiger partial charge in [0.1, 0.15) is 0 Å². The first-order valence-electron chi connectivity index (χ1n) is 11.4. The zero-order valence-corrected chi connectivity index (χ0v) is 20.7. The summed E-state index contributed by atoms with van der Waals surface area (Å²) in [6.07, 6.45) is 2.20. The molecule has 1 amide bonds. The van der Waals surface area contributed by atoms with E-state index in [2.05, 4.69) is 5.32 Å². The summed E-state index contributed by atoms with van der Waals surface area (Å²) in [5.41, 5.74) is 1.42. The van der Waals surface area contributed by atoms with Crippen LogP contribution >= 0.6 is 0 Å². The maximum Gasteiger partial charge on any atom is 0.339 e. The summed E-state index contributed by atoms with van der Waals surface area (Å²) in [5.74, 6) is -2.32. The second kappa shape index (κ2) is 11.9. The Hall–Kier alpha value is -3.24. The summed E-state index contributed by atoms with van der Waals surface area (Å²) in [5, 5.41) is 2.68. The van der Waals surface area contributed by atoms with Crippen molar-refractivity contribution in [3.8, 4) is 0 Å². The number of hydrogen-bond acceptors (Lipinski definition) is 7. The highest BCUT2D eigenvalue weighted by molar-refractivity contribution is 7.89. The Morgan fingerprint density at radius 3 is 2.43 bits per heavy atom. The SMILES string of the molecule is COC(=O)c1ccc(C(=O)OC)c(NC(=O)[C@H]2CCCN(S(=O)(=O)CCCc3ccccc3)C2)c1. The first-order chi connectivity index (χ1) is 16.7. The topological polar surface area (TPSA) is 119 Å². The van der Waals surface area contributed by atoms with E-state index in [1.807, 2.05) is 30.3 Å². The standard InChI is InChI=1S/C25H30N2O7S/c1-33-24(29)19-12-13-21(25(30)34-2)22(16-19)26-23(28)20-11-6-14-27(17-20)35(31,32)15-7-10-18-8-4-3-5-9-18/h3-5,8-9,12-13,16,20H,6-7,10-11,14-15,17H2,1-2H3,(H,26,28)/t20-/m0/s1. The Morgan fingerprint density at radius 1 is 1.03 bits per heavy atom. The van der Waals surface area contributed by atoms with Crippen molar-refractivity contribution in [2.75, 3.05) is 38.4 Å². The Kier molecular flexibility index (Phi) is 9.00. The molecule has 188 valence electrons. The van der Waals surface area contributed by atoms with E-state index < -0.39 is 33.8 Å². The van der Waals surface area contributed by atoms with Crippen molar-refractivity contribution >= 4 is 33.6 Å². The molecule has 0 unspecified atom stereocenters. The highest BCUT2D eigenvalue weighted by atomic mass is 32.2. The zero-order valence-electron chi connectivity index (χ0n) is 19.9. The second-order valence-corrected chi connectivity index (χ2v) is 10.4. The normalized spacial score (nSPS) is 16.3. The van der Waals surface area contributed by atoms with Crippen molar-refractivity contribution in [1.29, 1.82) is 0 Å². The minimum absolute atomic E-state index is 0.00387. The molecule has 3 rings (SSSR count). The molecule has 9 nitrogen and oxygen atoms in total. The summed E-state index contributed by atoms with van der Waals surface area (Å²) in [6.45, 7) is 0.423. The van der Waals surface area contributed by atoms with Gasteiger partial charge in [-0.15, -0.1) is 0 Å². The van der Waals surface area contributed by atoms with Crippen LogP contribution in [0.5, 0.6) is 0 Å². The van der Waals surface area contributed by atoms with Gasteiger partial charge in [-0.2, -0.15) is 0 Å². The Labute approximate surface area is 205 Å². The smallest absolute Gasteiger partial charge is 0.339 e. The maximum atomic E-state index is 13.1. The molecule has 1 aliphatic heterocycles. The third kappa shape index (κ3) is 6.89. The Balaban J connectivity index is 1.67. The highest BCUT2D eigenvalue weighted by Crippen LogP contribution is 2.25. The van der Waals surface area contributed by atoms with E-state index in [1.54, 1.807) is 0 Å². The summed E-state index contributed by atoms with van der Waals surface area (Å²) in [4.78, 5) is 37.1. The van der Waals surface area contributed by atoms with E-state index >= 15 is 0 Å². The van der Waals surface area contributed by atoms with Crippen LogP contribution in [0.1, 0.15) is 45.5 Å². The molecule has 1 heterocycles. The van der Waals surface area contributed by atoms with Gasteiger partial charge in [0, 0.05) is 13.1 Å². The molecule has 1 aliphatic rings. The number of benzene rings is 2. The molecule has 35 heavy (non-hydrogen) atoms. The summed E-state index contributed by atoms with van der Waals surface area (Å²) in [6, 6.07) is 13.8. The molecular weight excluding hydrogens is 472 g/mol. The van der Waals surface area contributed by atoms with Gasteiger partial charge < -0.3 is 14.8 Å². The van der Waals surface area contributed by atoms with E-state index in [-0.39, 0.29) is 29.1 Å². The van der Waals surface area contributed by atoms with E-state index in [0.717, 1.165) is 5.56 Å². The Morgan fingerprint density at radius 2 is 1.74 bits per heavy atom. The number of carbonyl (C=O) groups is 3. The molecular formula is C25H30N2O7S. The molecule has 0 aromatic heterocycles. The largest absolute Gasteiger partial charge is 0.465 e. The number of piperidine rings is 1. The molecule has 1 saturated heterocycles. The lowest BCUT2D eigenvalue weighted by molar-refractivity contribution is -0.120. The maximum absolute atomic E-state index is 13.1. The highest BCUT2D eigenvalue weighted by Gasteiger charge is 2.32. The number of hydrogen-bond donors (Lipinski definition) is 1. The lowest BCUT2D eigenvalue weighted by Gasteiger charge is -2.31. The fourth-order valence-electron chi connectivity index (χ4n) is 4.06. The predicted molar refractivity (Wildman–Crippen MR) is 131 cm³/mol.